The monoisotopic (exact) mass is 227 g/mol. The molecule has 0 spiro atoms. The van der Waals surface area contributed by atoms with Gasteiger partial charge in [0.2, 0.25) is 5.91 Å². The highest BCUT2D eigenvalue weighted by molar-refractivity contribution is 5.81. The van der Waals surface area contributed by atoms with Crippen LogP contribution in [0.3, 0.4) is 0 Å². The summed E-state index contributed by atoms with van der Waals surface area (Å²) in [6, 6.07) is 0.662. The number of rotatable bonds is 5. The Morgan fingerprint density at radius 3 is 2.44 bits per heavy atom. The van der Waals surface area contributed by atoms with Gasteiger partial charge in [0.15, 0.2) is 0 Å². The summed E-state index contributed by atoms with van der Waals surface area (Å²) in [4.78, 5) is 14.1. The second-order valence-corrected chi connectivity index (χ2v) is 5.36. The second kappa shape index (κ2) is 5.64. The molecule has 0 atom stereocenters. The highest BCUT2D eigenvalue weighted by Crippen LogP contribution is 2.26. The van der Waals surface area contributed by atoms with Gasteiger partial charge in [-0.3, -0.25) is 15.1 Å². The van der Waals surface area contributed by atoms with Crippen molar-refractivity contribution in [2.24, 2.45) is 11.3 Å². The average Bonchev–Trinajstić information content (AvgIpc) is 2.78. The molecule has 1 aliphatic carbocycles. The topological polar surface area (TPSA) is 58.4 Å². The van der Waals surface area contributed by atoms with Crippen molar-refractivity contribution in [2.45, 2.75) is 52.5 Å². The zero-order valence-electron chi connectivity index (χ0n) is 10.8. The Labute approximate surface area is 98.5 Å². The third-order valence-corrected chi connectivity index (χ3v) is 3.59. The fourth-order valence-corrected chi connectivity index (χ4v) is 2.54. The van der Waals surface area contributed by atoms with Gasteiger partial charge in [-0.2, -0.15) is 0 Å². The average molecular weight is 227 g/mol. The van der Waals surface area contributed by atoms with Crippen LogP contribution in [0.1, 0.15) is 46.5 Å². The molecule has 0 heterocycles. The Bertz CT molecular complexity index is 234. The van der Waals surface area contributed by atoms with E-state index in [-0.39, 0.29) is 5.91 Å². The van der Waals surface area contributed by atoms with E-state index in [1.54, 1.807) is 0 Å². The third kappa shape index (κ3) is 3.19. The van der Waals surface area contributed by atoms with Gasteiger partial charge in [-0.1, -0.05) is 19.8 Å². The maximum absolute atomic E-state index is 11.6. The number of amides is 1. The predicted octanol–water partition coefficient (Wildman–Crippen LogP) is 1.27. The van der Waals surface area contributed by atoms with Crippen LogP contribution >= 0.6 is 0 Å². The molecule has 0 aromatic rings. The van der Waals surface area contributed by atoms with Crippen LogP contribution in [0.4, 0.5) is 0 Å². The molecule has 0 bridgehead atoms. The summed E-state index contributed by atoms with van der Waals surface area (Å²) >= 11 is 0. The molecule has 3 N–H and O–H groups in total. The van der Waals surface area contributed by atoms with Crippen molar-refractivity contribution in [3.8, 4) is 0 Å². The Balaban J connectivity index is 2.57. The van der Waals surface area contributed by atoms with E-state index < -0.39 is 5.41 Å². The van der Waals surface area contributed by atoms with E-state index in [1.807, 2.05) is 13.8 Å². The number of hydrogen-bond acceptors (Lipinski definition) is 3. The van der Waals surface area contributed by atoms with E-state index in [2.05, 4.69) is 17.2 Å². The predicted molar refractivity (Wildman–Crippen MR) is 65.6 cm³/mol. The van der Waals surface area contributed by atoms with Gasteiger partial charge < -0.3 is 0 Å². The number of carbonyl (C=O) groups is 1. The van der Waals surface area contributed by atoms with Gasteiger partial charge in [0.25, 0.3) is 0 Å². The molecule has 1 amide bonds. The SMILES string of the molecule is CCN(CC(C)(C)C(=O)NN)C1CCCC1. The Kier molecular flexibility index (Phi) is 4.74. The molecule has 1 fully saturated rings. The van der Waals surface area contributed by atoms with Gasteiger partial charge >= 0.3 is 0 Å². The number of nitrogens with two attached hydrogens (primary N) is 1. The maximum Gasteiger partial charge on any atom is 0.240 e. The van der Waals surface area contributed by atoms with Crippen molar-refractivity contribution in [1.29, 1.82) is 0 Å². The van der Waals surface area contributed by atoms with E-state index in [1.165, 1.54) is 25.7 Å². The van der Waals surface area contributed by atoms with Crippen molar-refractivity contribution in [1.82, 2.24) is 10.3 Å². The zero-order chi connectivity index (χ0) is 12.2. The van der Waals surface area contributed by atoms with E-state index in [0.29, 0.717) is 6.04 Å². The molecule has 16 heavy (non-hydrogen) atoms. The first-order valence-electron chi connectivity index (χ1n) is 6.26. The molecular formula is C12H25N3O. The van der Waals surface area contributed by atoms with Crippen molar-refractivity contribution in [3.05, 3.63) is 0 Å². The number of carbonyl (C=O) groups excluding carboxylic acids is 1. The lowest BCUT2D eigenvalue weighted by atomic mass is 9.91. The fourth-order valence-electron chi connectivity index (χ4n) is 2.54. The van der Waals surface area contributed by atoms with Crippen LogP contribution in [0.5, 0.6) is 0 Å². The Morgan fingerprint density at radius 1 is 1.44 bits per heavy atom. The van der Waals surface area contributed by atoms with Gasteiger partial charge in [-0.15, -0.1) is 0 Å². The molecule has 0 radical (unpaired) electrons. The molecule has 4 heteroatoms. The van der Waals surface area contributed by atoms with Crippen LogP contribution in [0, 0.1) is 5.41 Å². The summed E-state index contributed by atoms with van der Waals surface area (Å²) in [6.45, 7) is 7.86. The number of nitrogens with zero attached hydrogens (tertiary/aromatic N) is 1. The van der Waals surface area contributed by atoms with Crippen LogP contribution in [0.25, 0.3) is 0 Å². The standard InChI is InChI=1S/C12H25N3O/c1-4-15(10-7-5-6-8-10)9-12(2,3)11(16)14-13/h10H,4-9,13H2,1-3H3,(H,14,16). The van der Waals surface area contributed by atoms with Crippen molar-refractivity contribution < 1.29 is 4.79 Å². The first-order chi connectivity index (χ1) is 7.51. The third-order valence-electron chi connectivity index (χ3n) is 3.59. The molecule has 1 rings (SSSR count). The first-order valence-corrected chi connectivity index (χ1v) is 6.26. The minimum atomic E-state index is -0.409. The first kappa shape index (κ1) is 13.5. The van der Waals surface area contributed by atoms with Crippen LogP contribution in [0.2, 0.25) is 0 Å². The summed E-state index contributed by atoms with van der Waals surface area (Å²) in [5.41, 5.74) is 1.85. The van der Waals surface area contributed by atoms with Gasteiger partial charge in [-0.25, -0.2) is 5.84 Å². The Morgan fingerprint density at radius 2 is 2.00 bits per heavy atom. The summed E-state index contributed by atoms with van der Waals surface area (Å²) < 4.78 is 0. The molecule has 0 aliphatic heterocycles. The normalized spacial score (nSPS) is 18.1. The summed E-state index contributed by atoms with van der Waals surface area (Å²) in [6.07, 6.45) is 5.19. The van der Waals surface area contributed by atoms with Crippen LogP contribution in [-0.4, -0.2) is 29.9 Å². The quantitative estimate of drug-likeness (QED) is 0.422. The van der Waals surface area contributed by atoms with Crippen molar-refractivity contribution >= 4 is 5.91 Å². The van der Waals surface area contributed by atoms with Gasteiger partial charge in [-0.05, 0) is 33.2 Å². The molecule has 0 saturated heterocycles. The molecule has 4 nitrogen and oxygen atoms in total. The van der Waals surface area contributed by atoms with E-state index >= 15 is 0 Å². The lowest BCUT2D eigenvalue weighted by molar-refractivity contribution is -0.130. The molecule has 1 saturated carbocycles. The minimum absolute atomic E-state index is 0.0797. The van der Waals surface area contributed by atoms with Crippen molar-refractivity contribution in [3.63, 3.8) is 0 Å². The zero-order valence-corrected chi connectivity index (χ0v) is 10.8. The summed E-state index contributed by atoms with van der Waals surface area (Å²) in [5, 5.41) is 0. The second-order valence-electron chi connectivity index (χ2n) is 5.36. The molecule has 1 aliphatic rings. The smallest absolute Gasteiger partial charge is 0.240 e. The molecule has 0 aromatic carbocycles. The molecule has 0 unspecified atom stereocenters. The van der Waals surface area contributed by atoms with E-state index in [4.69, 9.17) is 5.84 Å². The maximum atomic E-state index is 11.6. The molecular weight excluding hydrogens is 202 g/mol. The lowest BCUT2D eigenvalue weighted by Gasteiger charge is -2.34. The van der Waals surface area contributed by atoms with Crippen LogP contribution in [-0.2, 0) is 4.79 Å². The van der Waals surface area contributed by atoms with Crippen LogP contribution < -0.4 is 11.3 Å². The summed E-state index contributed by atoms with van der Waals surface area (Å²) in [7, 11) is 0. The lowest BCUT2D eigenvalue weighted by Crippen LogP contribution is -2.49. The minimum Gasteiger partial charge on any atom is -0.300 e. The number of hydrogen-bond donors (Lipinski definition) is 2. The fraction of sp³-hybridized carbons (Fsp3) is 0.917. The molecule has 94 valence electrons. The Hall–Kier alpha value is -0.610. The molecule has 0 aromatic heterocycles. The highest BCUT2D eigenvalue weighted by atomic mass is 16.2. The van der Waals surface area contributed by atoms with Gasteiger partial charge in [0.1, 0.15) is 0 Å². The summed E-state index contributed by atoms with van der Waals surface area (Å²) in [5.74, 6) is 5.13. The van der Waals surface area contributed by atoms with E-state index in [9.17, 15) is 4.79 Å². The largest absolute Gasteiger partial charge is 0.300 e. The van der Waals surface area contributed by atoms with Crippen LogP contribution in [0.15, 0.2) is 0 Å². The van der Waals surface area contributed by atoms with Gasteiger partial charge in [0.05, 0.1) is 5.41 Å². The highest BCUT2D eigenvalue weighted by Gasteiger charge is 2.32. The van der Waals surface area contributed by atoms with E-state index in [0.717, 1.165) is 13.1 Å². The number of hydrazine groups is 1. The van der Waals surface area contributed by atoms with Crippen molar-refractivity contribution in [2.75, 3.05) is 13.1 Å². The van der Waals surface area contributed by atoms with Gasteiger partial charge in [0, 0.05) is 12.6 Å². The number of nitrogens with one attached hydrogen (secondary N) is 1.